The second-order valence-electron chi connectivity index (χ2n) is 2.38. The van der Waals surface area contributed by atoms with Gasteiger partial charge in [0.2, 0.25) is 0 Å². The predicted molar refractivity (Wildman–Crippen MR) is 54.9 cm³/mol. The third-order valence-electron chi connectivity index (χ3n) is 1.58. The minimum absolute atomic E-state index is 0.629. The van der Waals surface area contributed by atoms with Gasteiger partial charge in [0.25, 0.3) is 0 Å². The van der Waals surface area contributed by atoms with Gasteiger partial charge in [-0.3, -0.25) is 0 Å². The highest BCUT2D eigenvalue weighted by molar-refractivity contribution is 9.10. The Morgan fingerprint density at radius 2 is 2.31 bits per heavy atom. The minimum atomic E-state index is -0.674. The van der Waals surface area contributed by atoms with Crippen LogP contribution in [0.5, 0.6) is 5.75 Å². The van der Waals surface area contributed by atoms with Crippen LogP contribution in [0.3, 0.4) is 0 Å². The Morgan fingerprint density at radius 3 is 2.85 bits per heavy atom. The molecule has 0 saturated heterocycles. The molecule has 1 aromatic carbocycles. The molecule has 0 aromatic heterocycles. The number of rotatable bonds is 2. The van der Waals surface area contributed by atoms with Crippen molar-refractivity contribution >= 4 is 27.5 Å². The summed E-state index contributed by atoms with van der Waals surface area (Å²) in [5.41, 5.74) is 0.682. The van der Waals surface area contributed by atoms with Crippen LogP contribution in [0.25, 0.3) is 0 Å². The molecule has 0 aliphatic heterocycles. The highest BCUT2D eigenvalue weighted by Gasteiger charge is 2.12. The smallest absolute Gasteiger partial charge is 0.149 e. The molecule has 1 unspecified atom stereocenters. The molecule has 0 aliphatic rings. The molecule has 1 rings (SSSR count). The zero-order valence-electron chi connectivity index (χ0n) is 6.92. The third kappa shape index (κ3) is 2.36. The Hall–Kier alpha value is -0.720. The lowest BCUT2D eigenvalue weighted by atomic mass is 10.1. The molecule has 0 spiro atoms. The second kappa shape index (κ2) is 4.50. The maximum atomic E-state index is 8.65. The normalized spacial score (nSPS) is 11.8. The van der Waals surface area contributed by atoms with Crippen LogP contribution in [0.1, 0.15) is 10.9 Å². The molecule has 0 radical (unpaired) electrons. The summed E-state index contributed by atoms with van der Waals surface area (Å²) in [7, 11) is 1.55. The molecule has 0 saturated carbocycles. The number of methoxy groups -OCH3 is 1. The SMILES string of the molecule is COc1ccc(Br)cc1C(Cl)C#N. The summed E-state index contributed by atoms with van der Waals surface area (Å²) in [6, 6.07) is 7.33. The first-order valence-electron chi connectivity index (χ1n) is 3.56. The van der Waals surface area contributed by atoms with Gasteiger partial charge in [-0.1, -0.05) is 15.9 Å². The van der Waals surface area contributed by atoms with Crippen molar-refractivity contribution in [1.29, 1.82) is 5.26 Å². The van der Waals surface area contributed by atoms with E-state index in [0.29, 0.717) is 11.3 Å². The Labute approximate surface area is 90.2 Å². The summed E-state index contributed by atoms with van der Waals surface area (Å²) in [6.45, 7) is 0. The van der Waals surface area contributed by atoms with E-state index < -0.39 is 5.38 Å². The molecule has 68 valence electrons. The number of halogens is 2. The van der Waals surface area contributed by atoms with E-state index in [1.54, 1.807) is 19.2 Å². The maximum absolute atomic E-state index is 8.65. The average Bonchev–Trinajstić information content (AvgIpc) is 2.16. The summed E-state index contributed by atoms with van der Waals surface area (Å²) in [4.78, 5) is 0. The fraction of sp³-hybridized carbons (Fsp3) is 0.222. The van der Waals surface area contributed by atoms with Crippen molar-refractivity contribution in [3.05, 3.63) is 28.2 Å². The molecule has 0 bridgehead atoms. The van der Waals surface area contributed by atoms with Crippen molar-refractivity contribution < 1.29 is 4.74 Å². The van der Waals surface area contributed by atoms with Crippen molar-refractivity contribution in [3.63, 3.8) is 0 Å². The molecule has 0 aliphatic carbocycles. The van der Waals surface area contributed by atoms with Crippen molar-refractivity contribution in [3.8, 4) is 11.8 Å². The predicted octanol–water partition coefficient (Wildman–Crippen LogP) is 3.26. The van der Waals surface area contributed by atoms with Gasteiger partial charge in [0.1, 0.15) is 11.1 Å². The van der Waals surface area contributed by atoms with E-state index >= 15 is 0 Å². The summed E-state index contributed by atoms with van der Waals surface area (Å²) < 4.78 is 5.95. The molecular weight excluding hydrogens is 253 g/mol. The van der Waals surface area contributed by atoms with E-state index in [9.17, 15) is 0 Å². The lowest BCUT2D eigenvalue weighted by molar-refractivity contribution is 0.410. The van der Waals surface area contributed by atoms with Crippen LogP contribution in [0, 0.1) is 11.3 Å². The number of ether oxygens (including phenoxy) is 1. The molecular formula is C9H7BrClNO. The van der Waals surface area contributed by atoms with Gasteiger partial charge < -0.3 is 4.74 Å². The van der Waals surface area contributed by atoms with Crippen molar-refractivity contribution in [2.24, 2.45) is 0 Å². The van der Waals surface area contributed by atoms with Crippen molar-refractivity contribution in [2.75, 3.05) is 7.11 Å². The van der Waals surface area contributed by atoms with Crippen LogP contribution < -0.4 is 4.74 Å². The molecule has 0 N–H and O–H groups in total. The fourth-order valence-corrected chi connectivity index (χ4v) is 1.52. The molecule has 13 heavy (non-hydrogen) atoms. The van der Waals surface area contributed by atoms with E-state index in [2.05, 4.69) is 15.9 Å². The molecule has 2 nitrogen and oxygen atoms in total. The Balaban J connectivity index is 3.17. The summed E-state index contributed by atoms with van der Waals surface area (Å²) in [5.74, 6) is 0.629. The first-order valence-corrected chi connectivity index (χ1v) is 4.79. The van der Waals surface area contributed by atoms with Gasteiger partial charge >= 0.3 is 0 Å². The molecule has 0 heterocycles. The van der Waals surface area contributed by atoms with Crippen LogP contribution in [0.2, 0.25) is 0 Å². The van der Waals surface area contributed by atoms with Gasteiger partial charge in [-0.05, 0) is 18.2 Å². The Bertz CT molecular complexity index is 348. The van der Waals surface area contributed by atoms with Crippen molar-refractivity contribution in [1.82, 2.24) is 0 Å². The van der Waals surface area contributed by atoms with Crippen LogP contribution in [0.15, 0.2) is 22.7 Å². The molecule has 0 fully saturated rings. The van der Waals surface area contributed by atoms with Crippen LogP contribution in [-0.2, 0) is 0 Å². The second-order valence-corrected chi connectivity index (χ2v) is 3.73. The van der Waals surface area contributed by atoms with Gasteiger partial charge in [-0.25, -0.2) is 0 Å². The number of benzene rings is 1. The highest BCUT2D eigenvalue weighted by atomic mass is 79.9. The molecule has 1 atom stereocenters. The maximum Gasteiger partial charge on any atom is 0.149 e. The zero-order chi connectivity index (χ0) is 9.84. The van der Waals surface area contributed by atoms with Gasteiger partial charge in [-0.2, -0.15) is 5.26 Å². The highest BCUT2D eigenvalue weighted by Crippen LogP contribution is 2.31. The number of nitriles is 1. The van der Waals surface area contributed by atoms with E-state index in [-0.39, 0.29) is 0 Å². The number of hydrogen-bond donors (Lipinski definition) is 0. The largest absolute Gasteiger partial charge is 0.496 e. The van der Waals surface area contributed by atoms with Crippen molar-refractivity contribution in [2.45, 2.75) is 5.38 Å². The Morgan fingerprint density at radius 1 is 1.62 bits per heavy atom. The monoisotopic (exact) mass is 259 g/mol. The number of alkyl halides is 1. The quantitative estimate of drug-likeness (QED) is 0.765. The summed E-state index contributed by atoms with van der Waals surface area (Å²) >= 11 is 9.08. The Kier molecular flexibility index (Phi) is 3.58. The lowest BCUT2D eigenvalue weighted by Gasteiger charge is -2.08. The first kappa shape index (κ1) is 10.4. The number of nitrogens with zero attached hydrogens (tertiary/aromatic N) is 1. The van der Waals surface area contributed by atoms with Crippen LogP contribution in [-0.4, -0.2) is 7.11 Å². The van der Waals surface area contributed by atoms with Crippen LogP contribution in [0.4, 0.5) is 0 Å². The van der Waals surface area contributed by atoms with Gasteiger partial charge in [0.15, 0.2) is 0 Å². The lowest BCUT2D eigenvalue weighted by Crippen LogP contribution is -1.93. The summed E-state index contributed by atoms with van der Waals surface area (Å²) in [6.07, 6.45) is 0. The van der Waals surface area contributed by atoms with E-state index in [4.69, 9.17) is 21.6 Å². The standard InChI is InChI=1S/C9H7BrClNO/c1-13-9-3-2-6(10)4-7(9)8(11)5-12/h2-4,8H,1H3. The van der Waals surface area contributed by atoms with E-state index in [1.165, 1.54) is 0 Å². The zero-order valence-corrected chi connectivity index (χ0v) is 9.26. The summed E-state index contributed by atoms with van der Waals surface area (Å²) in [5, 5.41) is 7.97. The molecule has 0 amide bonds. The van der Waals surface area contributed by atoms with Gasteiger partial charge in [0, 0.05) is 10.0 Å². The molecule has 1 aromatic rings. The third-order valence-corrected chi connectivity index (χ3v) is 2.40. The van der Waals surface area contributed by atoms with E-state index in [0.717, 1.165) is 4.47 Å². The van der Waals surface area contributed by atoms with Gasteiger partial charge in [-0.15, -0.1) is 11.6 Å². The fourth-order valence-electron chi connectivity index (χ4n) is 0.973. The number of hydrogen-bond acceptors (Lipinski definition) is 2. The average molecular weight is 261 g/mol. The topological polar surface area (TPSA) is 33.0 Å². The first-order chi connectivity index (χ1) is 6.19. The van der Waals surface area contributed by atoms with Crippen LogP contribution >= 0.6 is 27.5 Å². The molecule has 4 heteroatoms. The van der Waals surface area contributed by atoms with Gasteiger partial charge in [0.05, 0.1) is 13.2 Å². The van der Waals surface area contributed by atoms with E-state index in [1.807, 2.05) is 12.1 Å². The minimum Gasteiger partial charge on any atom is -0.496 e.